The van der Waals surface area contributed by atoms with E-state index in [-0.39, 0.29) is 16.4 Å². The molecular formula is C15H7BrCl2O3. The van der Waals surface area contributed by atoms with Crippen LogP contribution in [-0.2, 0) is 0 Å². The van der Waals surface area contributed by atoms with E-state index in [1.165, 1.54) is 12.1 Å². The van der Waals surface area contributed by atoms with Crippen molar-refractivity contribution in [2.75, 3.05) is 0 Å². The summed E-state index contributed by atoms with van der Waals surface area (Å²) in [5, 5.41) is 0.614. The molecule has 1 aliphatic heterocycles. The largest absolute Gasteiger partial charge is 0.473 e. The summed E-state index contributed by atoms with van der Waals surface area (Å²) >= 11 is 15.1. The minimum atomic E-state index is -1.20. The van der Waals surface area contributed by atoms with E-state index in [4.69, 9.17) is 27.9 Å². The first-order valence-electron chi connectivity index (χ1n) is 5.97. The highest BCUT2D eigenvalue weighted by Gasteiger charge is 2.39. The molecule has 106 valence electrons. The second-order valence-electron chi connectivity index (χ2n) is 4.49. The SMILES string of the molecule is O=C(c1ccc(Cl)cc1Cl)C1Oc2cc(Br)ccc2C1=O. The van der Waals surface area contributed by atoms with E-state index in [2.05, 4.69) is 15.9 Å². The summed E-state index contributed by atoms with van der Waals surface area (Å²) < 4.78 is 6.25. The summed E-state index contributed by atoms with van der Waals surface area (Å²) in [4.78, 5) is 24.7. The Morgan fingerprint density at radius 2 is 1.90 bits per heavy atom. The molecule has 0 bridgehead atoms. The Morgan fingerprint density at radius 1 is 1.14 bits per heavy atom. The molecule has 0 aromatic heterocycles. The number of fused-ring (bicyclic) bond motifs is 1. The van der Waals surface area contributed by atoms with Gasteiger partial charge in [0, 0.05) is 15.1 Å². The zero-order valence-corrected chi connectivity index (χ0v) is 13.5. The van der Waals surface area contributed by atoms with Gasteiger partial charge < -0.3 is 4.74 Å². The van der Waals surface area contributed by atoms with E-state index in [0.29, 0.717) is 16.3 Å². The Kier molecular flexibility index (Phi) is 3.78. The third-order valence-corrected chi connectivity index (χ3v) is 4.17. The first-order valence-corrected chi connectivity index (χ1v) is 7.52. The summed E-state index contributed by atoms with van der Waals surface area (Å²) in [6, 6.07) is 9.50. The molecule has 1 aliphatic rings. The van der Waals surface area contributed by atoms with Gasteiger partial charge >= 0.3 is 0 Å². The Bertz CT molecular complexity index is 774. The number of ketones is 2. The summed E-state index contributed by atoms with van der Waals surface area (Å²) in [6.45, 7) is 0. The van der Waals surface area contributed by atoms with E-state index >= 15 is 0 Å². The maximum atomic E-state index is 12.5. The zero-order valence-electron chi connectivity index (χ0n) is 10.4. The lowest BCUT2D eigenvalue weighted by molar-refractivity contribution is 0.0720. The molecule has 2 aromatic rings. The second kappa shape index (κ2) is 5.44. The van der Waals surface area contributed by atoms with E-state index < -0.39 is 11.9 Å². The first kappa shape index (κ1) is 14.6. The molecule has 0 radical (unpaired) electrons. The Hall–Kier alpha value is -1.36. The molecule has 3 rings (SSSR count). The molecule has 6 heteroatoms. The van der Waals surface area contributed by atoms with Gasteiger partial charge in [-0.2, -0.15) is 0 Å². The van der Waals surface area contributed by atoms with Gasteiger partial charge in [-0.15, -0.1) is 0 Å². The van der Waals surface area contributed by atoms with Crippen LogP contribution in [0.2, 0.25) is 10.0 Å². The highest BCUT2D eigenvalue weighted by Crippen LogP contribution is 2.33. The maximum absolute atomic E-state index is 12.5. The van der Waals surface area contributed by atoms with E-state index in [0.717, 1.165) is 4.47 Å². The van der Waals surface area contributed by atoms with Crippen molar-refractivity contribution in [3.63, 3.8) is 0 Å². The van der Waals surface area contributed by atoms with Crippen LogP contribution in [0, 0.1) is 0 Å². The van der Waals surface area contributed by atoms with Crippen molar-refractivity contribution in [3.05, 3.63) is 62.0 Å². The lowest BCUT2D eigenvalue weighted by atomic mass is 10.0. The molecule has 0 aliphatic carbocycles. The number of rotatable bonds is 2. The van der Waals surface area contributed by atoms with Crippen molar-refractivity contribution in [1.82, 2.24) is 0 Å². The fraction of sp³-hybridized carbons (Fsp3) is 0.0667. The van der Waals surface area contributed by atoms with Crippen LogP contribution in [0.4, 0.5) is 0 Å². The van der Waals surface area contributed by atoms with Gasteiger partial charge in [-0.25, -0.2) is 0 Å². The number of carbonyl (C=O) groups excluding carboxylic acids is 2. The predicted octanol–water partition coefficient (Wildman–Crippen LogP) is 4.58. The summed E-state index contributed by atoms with van der Waals surface area (Å²) in [7, 11) is 0. The Balaban J connectivity index is 1.96. The molecule has 0 saturated heterocycles. The number of hydrogen-bond donors (Lipinski definition) is 0. The van der Waals surface area contributed by atoms with Gasteiger partial charge in [-0.3, -0.25) is 9.59 Å². The molecule has 1 atom stereocenters. The number of ether oxygens (including phenoxy) is 1. The second-order valence-corrected chi connectivity index (χ2v) is 6.25. The van der Waals surface area contributed by atoms with Crippen molar-refractivity contribution in [2.45, 2.75) is 6.10 Å². The van der Waals surface area contributed by atoms with Crippen molar-refractivity contribution in [2.24, 2.45) is 0 Å². The lowest BCUT2D eigenvalue weighted by Gasteiger charge is -2.09. The third-order valence-electron chi connectivity index (χ3n) is 3.13. The van der Waals surface area contributed by atoms with Crippen LogP contribution in [-0.4, -0.2) is 17.7 Å². The molecule has 1 unspecified atom stereocenters. The standard InChI is InChI=1S/C15H7BrCl2O3/c16-7-1-3-10-12(5-7)21-15(14(10)20)13(19)9-4-2-8(17)6-11(9)18/h1-6,15H. The quantitative estimate of drug-likeness (QED) is 0.561. The normalized spacial score (nSPS) is 16.5. The molecule has 0 amide bonds. The average Bonchev–Trinajstić information content (AvgIpc) is 2.75. The highest BCUT2D eigenvalue weighted by molar-refractivity contribution is 9.10. The summed E-state index contributed by atoms with van der Waals surface area (Å²) in [5.74, 6) is -0.458. The monoisotopic (exact) mass is 384 g/mol. The fourth-order valence-corrected chi connectivity index (χ4v) is 2.96. The van der Waals surface area contributed by atoms with E-state index in [1.54, 1.807) is 24.3 Å². The smallest absolute Gasteiger partial charge is 0.224 e. The van der Waals surface area contributed by atoms with Gasteiger partial charge in [0.2, 0.25) is 17.7 Å². The van der Waals surface area contributed by atoms with Crippen LogP contribution in [0.25, 0.3) is 0 Å². The van der Waals surface area contributed by atoms with E-state index in [1.807, 2.05) is 0 Å². The van der Waals surface area contributed by atoms with Crippen LogP contribution in [0.15, 0.2) is 40.9 Å². The number of benzene rings is 2. The molecule has 21 heavy (non-hydrogen) atoms. The van der Waals surface area contributed by atoms with Crippen molar-refractivity contribution < 1.29 is 14.3 Å². The molecule has 0 N–H and O–H groups in total. The molecule has 3 nitrogen and oxygen atoms in total. The third kappa shape index (κ3) is 2.59. The minimum Gasteiger partial charge on any atom is -0.473 e. The zero-order chi connectivity index (χ0) is 15.1. The molecular weight excluding hydrogens is 379 g/mol. The van der Waals surface area contributed by atoms with Crippen LogP contribution < -0.4 is 4.74 Å². The van der Waals surface area contributed by atoms with Gasteiger partial charge in [0.15, 0.2) is 0 Å². The molecule has 0 fully saturated rings. The number of hydrogen-bond acceptors (Lipinski definition) is 3. The predicted molar refractivity (Wildman–Crippen MR) is 83.7 cm³/mol. The molecule has 0 saturated carbocycles. The number of Topliss-reactive ketones (excluding diaryl/α,β-unsaturated/α-hetero) is 2. The van der Waals surface area contributed by atoms with Crippen LogP contribution >= 0.6 is 39.1 Å². The molecule has 1 heterocycles. The number of halogens is 3. The summed E-state index contributed by atoms with van der Waals surface area (Å²) in [6.07, 6.45) is -1.20. The maximum Gasteiger partial charge on any atom is 0.224 e. The number of carbonyl (C=O) groups is 2. The van der Waals surface area contributed by atoms with Crippen molar-refractivity contribution >= 4 is 50.7 Å². The molecule has 2 aromatic carbocycles. The van der Waals surface area contributed by atoms with Crippen LogP contribution in [0.3, 0.4) is 0 Å². The Morgan fingerprint density at radius 3 is 2.62 bits per heavy atom. The van der Waals surface area contributed by atoms with Gasteiger partial charge in [-0.05, 0) is 36.4 Å². The Labute approximate surface area is 138 Å². The minimum absolute atomic E-state index is 0.195. The lowest BCUT2D eigenvalue weighted by Crippen LogP contribution is -2.31. The summed E-state index contributed by atoms with van der Waals surface area (Å²) in [5.41, 5.74) is 0.605. The van der Waals surface area contributed by atoms with Gasteiger partial charge in [0.25, 0.3) is 0 Å². The van der Waals surface area contributed by atoms with Crippen molar-refractivity contribution in [1.29, 1.82) is 0 Å². The van der Waals surface area contributed by atoms with Crippen LogP contribution in [0.1, 0.15) is 20.7 Å². The van der Waals surface area contributed by atoms with E-state index in [9.17, 15) is 9.59 Å². The van der Waals surface area contributed by atoms with Gasteiger partial charge in [-0.1, -0.05) is 39.1 Å². The van der Waals surface area contributed by atoms with Gasteiger partial charge in [0.05, 0.1) is 10.6 Å². The topological polar surface area (TPSA) is 43.4 Å². The average molecular weight is 386 g/mol. The molecule has 0 spiro atoms. The van der Waals surface area contributed by atoms with Gasteiger partial charge in [0.1, 0.15) is 5.75 Å². The first-order chi connectivity index (χ1) is 9.97. The van der Waals surface area contributed by atoms with Crippen molar-refractivity contribution in [3.8, 4) is 5.75 Å². The highest BCUT2D eigenvalue weighted by atomic mass is 79.9. The van der Waals surface area contributed by atoms with Crippen LogP contribution in [0.5, 0.6) is 5.75 Å². The fourth-order valence-electron chi connectivity index (χ4n) is 2.12.